The summed E-state index contributed by atoms with van der Waals surface area (Å²) in [4.78, 5) is 14.9. The van der Waals surface area contributed by atoms with Crippen molar-refractivity contribution in [3.8, 4) is 0 Å². The first-order valence-electron chi connectivity index (χ1n) is 9.89. The van der Waals surface area contributed by atoms with Crippen LogP contribution in [-0.4, -0.2) is 46.5 Å². The van der Waals surface area contributed by atoms with Crippen LogP contribution in [0.25, 0.3) is 0 Å². The van der Waals surface area contributed by atoms with Crippen LogP contribution >= 0.6 is 0 Å². The predicted octanol–water partition coefficient (Wildman–Crippen LogP) is 3.80. The molecule has 3 rings (SSSR count). The number of rotatable bonds is 9. The highest BCUT2D eigenvalue weighted by Gasteiger charge is 2.22. The number of hydrogen-bond donors (Lipinski definition) is 0. The molecule has 6 nitrogen and oxygen atoms in total. The van der Waals surface area contributed by atoms with Crippen molar-refractivity contribution in [2.24, 2.45) is 0 Å². The third-order valence-corrected chi connectivity index (χ3v) is 6.75. The van der Waals surface area contributed by atoms with E-state index < -0.39 is 10.0 Å². The number of sulfonamides is 1. The van der Waals surface area contributed by atoms with Gasteiger partial charge in [-0.05, 0) is 42.0 Å². The van der Waals surface area contributed by atoms with Gasteiger partial charge in [0.2, 0.25) is 0 Å². The standard InChI is InChI=1S/C24H26N2O4S/c1-25(22-11-7-4-8-12-22)31(28,29)23-15-13-21(14-16-23)24(27)26(17-18-30-2)19-20-9-5-3-6-10-20/h3-16H,17-19H2,1-2H3. The lowest BCUT2D eigenvalue weighted by Gasteiger charge is -2.23. The van der Waals surface area contributed by atoms with Crippen LogP contribution in [0, 0.1) is 0 Å². The SMILES string of the molecule is COCCN(Cc1ccccc1)C(=O)c1ccc(S(=O)(=O)N(C)c2ccccc2)cc1. The summed E-state index contributed by atoms with van der Waals surface area (Å²) in [5, 5.41) is 0. The Bertz CT molecular complexity index is 1090. The van der Waals surface area contributed by atoms with Crippen molar-refractivity contribution in [2.45, 2.75) is 11.4 Å². The molecule has 162 valence electrons. The number of nitrogens with zero attached hydrogens (tertiary/aromatic N) is 2. The smallest absolute Gasteiger partial charge is 0.264 e. The van der Waals surface area contributed by atoms with E-state index in [1.54, 1.807) is 48.4 Å². The van der Waals surface area contributed by atoms with E-state index in [0.717, 1.165) is 5.56 Å². The van der Waals surface area contributed by atoms with Crippen molar-refractivity contribution in [1.29, 1.82) is 0 Å². The number of hydrogen-bond acceptors (Lipinski definition) is 4. The van der Waals surface area contributed by atoms with Crippen LogP contribution in [0.1, 0.15) is 15.9 Å². The Labute approximate surface area is 183 Å². The summed E-state index contributed by atoms with van der Waals surface area (Å²) in [5.41, 5.74) is 2.00. The van der Waals surface area contributed by atoms with Crippen molar-refractivity contribution >= 4 is 21.6 Å². The molecule has 0 saturated carbocycles. The molecule has 0 unspecified atom stereocenters. The van der Waals surface area contributed by atoms with E-state index in [0.29, 0.717) is 30.9 Å². The van der Waals surface area contributed by atoms with E-state index in [-0.39, 0.29) is 10.8 Å². The summed E-state index contributed by atoms with van der Waals surface area (Å²) in [6.45, 7) is 1.29. The lowest BCUT2D eigenvalue weighted by molar-refractivity contribution is 0.0680. The van der Waals surface area contributed by atoms with Crippen LogP contribution in [0.4, 0.5) is 5.69 Å². The normalized spacial score (nSPS) is 11.2. The van der Waals surface area contributed by atoms with E-state index in [1.165, 1.54) is 23.5 Å². The predicted molar refractivity (Wildman–Crippen MR) is 122 cm³/mol. The van der Waals surface area contributed by atoms with Crippen LogP contribution in [0.2, 0.25) is 0 Å². The maximum absolute atomic E-state index is 13.1. The summed E-state index contributed by atoms with van der Waals surface area (Å²) >= 11 is 0. The summed E-state index contributed by atoms with van der Waals surface area (Å²) in [7, 11) is -0.628. The van der Waals surface area contributed by atoms with Crippen molar-refractivity contribution in [3.63, 3.8) is 0 Å². The molecule has 0 aliphatic rings. The monoisotopic (exact) mass is 438 g/mol. The van der Waals surface area contributed by atoms with Crippen LogP contribution < -0.4 is 4.31 Å². The average molecular weight is 439 g/mol. The highest BCUT2D eigenvalue weighted by Crippen LogP contribution is 2.22. The molecule has 31 heavy (non-hydrogen) atoms. The van der Waals surface area contributed by atoms with Crippen molar-refractivity contribution in [2.75, 3.05) is 31.6 Å². The van der Waals surface area contributed by atoms with Gasteiger partial charge in [-0.3, -0.25) is 9.10 Å². The first-order valence-corrected chi connectivity index (χ1v) is 11.3. The fourth-order valence-electron chi connectivity index (χ4n) is 3.14. The molecule has 0 fully saturated rings. The second kappa shape index (κ2) is 10.2. The number of methoxy groups -OCH3 is 1. The zero-order chi connectivity index (χ0) is 22.3. The molecule has 0 N–H and O–H groups in total. The molecule has 0 saturated heterocycles. The average Bonchev–Trinajstić information content (AvgIpc) is 2.82. The quantitative estimate of drug-likeness (QED) is 0.510. The minimum atomic E-state index is -3.73. The van der Waals surface area contributed by atoms with Crippen molar-refractivity contribution < 1.29 is 17.9 Å². The van der Waals surface area contributed by atoms with Gasteiger partial charge in [0, 0.05) is 32.8 Å². The molecule has 0 spiro atoms. The van der Waals surface area contributed by atoms with Crippen LogP contribution in [0.5, 0.6) is 0 Å². The topological polar surface area (TPSA) is 66.9 Å². The maximum Gasteiger partial charge on any atom is 0.264 e. The molecule has 1 amide bonds. The van der Waals surface area contributed by atoms with Crippen molar-refractivity contribution in [3.05, 3.63) is 96.1 Å². The molecular formula is C24H26N2O4S. The van der Waals surface area contributed by atoms with Gasteiger partial charge in [-0.15, -0.1) is 0 Å². The van der Waals surface area contributed by atoms with Gasteiger partial charge in [0.05, 0.1) is 17.2 Å². The van der Waals surface area contributed by atoms with E-state index in [9.17, 15) is 13.2 Å². The summed E-state index contributed by atoms with van der Waals surface area (Å²) < 4.78 is 32.3. The molecular weight excluding hydrogens is 412 g/mol. The van der Waals surface area contributed by atoms with E-state index in [1.807, 2.05) is 36.4 Å². The summed E-state index contributed by atoms with van der Waals surface area (Å²) in [6, 6.07) is 24.6. The second-order valence-corrected chi connectivity index (χ2v) is 9.01. The molecule has 0 atom stereocenters. The molecule has 3 aromatic rings. The fourth-order valence-corrected chi connectivity index (χ4v) is 4.34. The Kier molecular flexibility index (Phi) is 7.44. The van der Waals surface area contributed by atoms with Gasteiger partial charge in [0.15, 0.2) is 0 Å². The van der Waals surface area contributed by atoms with E-state index >= 15 is 0 Å². The molecule has 0 aromatic heterocycles. The molecule has 0 aliphatic heterocycles. The Morgan fingerprint density at radius 1 is 0.871 bits per heavy atom. The Morgan fingerprint density at radius 3 is 2.03 bits per heavy atom. The summed E-state index contributed by atoms with van der Waals surface area (Å²) in [5.74, 6) is -0.179. The van der Waals surface area contributed by atoms with Crippen LogP contribution in [0.15, 0.2) is 89.8 Å². The lowest BCUT2D eigenvalue weighted by Crippen LogP contribution is -2.33. The molecule has 0 heterocycles. The van der Waals surface area contributed by atoms with Gasteiger partial charge < -0.3 is 9.64 Å². The molecule has 3 aromatic carbocycles. The highest BCUT2D eigenvalue weighted by molar-refractivity contribution is 7.92. The fraction of sp³-hybridized carbons (Fsp3) is 0.208. The molecule has 0 bridgehead atoms. The van der Waals surface area contributed by atoms with E-state index in [2.05, 4.69) is 0 Å². The van der Waals surface area contributed by atoms with Gasteiger partial charge in [-0.1, -0.05) is 48.5 Å². The Morgan fingerprint density at radius 2 is 1.45 bits per heavy atom. The van der Waals surface area contributed by atoms with E-state index in [4.69, 9.17) is 4.74 Å². The number of ether oxygens (including phenoxy) is 1. The molecule has 0 aliphatic carbocycles. The largest absolute Gasteiger partial charge is 0.383 e. The Balaban J connectivity index is 1.80. The first-order chi connectivity index (χ1) is 14.9. The number of anilines is 1. The third kappa shape index (κ3) is 5.51. The number of carbonyl (C=O) groups is 1. The number of benzene rings is 3. The minimum absolute atomic E-state index is 0.127. The second-order valence-electron chi connectivity index (χ2n) is 7.04. The third-order valence-electron chi connectivity index (χ3n) is 4.95. The minimum Gasteiger partial charge on any atom is -0.383 e. The van der Waals surface area contributed by atoms with Crippen LogP contribution in [0.3, 0.4) is 0 Å². The van der Waals surface area contributed by atoms with Gasteiger partial charge in [0.1, 0.15) is 0 Å². The lowest BCUT2D eigenvalue weighted by atomic mass is 10.1. The van der Waals surface area contributed by atoms with Gasteiger partial charge in [-0.25, -0.2) is 8.42 Å². The molecule has 0 radical (unpaired) electrons. The maximum atomic E-state index is 13.1. The van der Waals surface area contributed by atoms with Crippen molar-refractivity contribution in [1.82, 2.24) is 4.90 Å². The number of para-hydroxylation sites is 1. The molecule has 7 heteroatoms. The Hall–Kier alpha value is -3.16. The number of carbonyl (C=O) groups excluding carboxylic acids is 1. The zero-order valence-electron chi connectivity index (χ0n) is 17.6. The number of amides is 1. The first kappa shape index (κ1) is 22.5. The van der Waals surface area contributed by atoms with Gasteiger partial charge in [-0.2, -0.15) is 0 Å². The highest BCUT2D eigenvalue weighted by atomic mass is 32.2. The summed E-state index contributed by atoms with van der Waals surface area (Å²) in [6.07, 6.45) is 0. The van der Waals surface area contributed by atoms with Gasteiger partial charge >= 0.3 is 0 Å². The zero-order valence-corrected chi connectivity index (χ0v) is 18.5. The van der Waals surface area contributed by atoms with Gasteiger partial charge in [0.25, 0.3) is 15.9 Å². The van der Waals surface area contributed by atoms with Crippen LogP contribution in [-0.2, 0) is 21.3 Å².